The Kier molecular flexibility index (Phi) is 3.61. The lowest BCUT2D eigenvalue weighted by atomic mass is 10.3. The van der Waals surface area contributed by atoms with Crippen molar-refractivity contribution in [1.82, 2.24) is 4.98 Å². The zero-order valence-electron chi connectivity index (χ0n) is 8.68. The molecule has 0 saturated carbocycles. The summed E-state index contributed by atoms with van der Waals surface area (Å²) in [6.07, 6.45) is 0. The van der Waals surface area contributed by atoms with Gasteiger partial charge in [0.1, 0.15) is 5.82 Å². The van der Waals surface area contributed by atoms with Gasteiger partial charge in [0.25, 0.3) is 0 Å². The van der Waals surface area contributed by atoms with Crippen molar-refractivity contribution in [3.05, 3.63) is 45.2 Å². The van der Waals surface area contributed by atoms with Gasteiger partial charge in [0.05, 0.1) is 11.6 Å². The molecule has 2 aromatic heterocycles. The molecule has 0 atom stereocenters. The zero-order chi connectivity index (χ0) is 12.3. The average Bonchev–Trinajstić information content (AvgIpc) is 2.80. The molecule has 0 saturated heterocycles. The van der Waals surface area contributed by atoms with Crippen molar-refractivity contribution in [3.8, 4) is 0 Å². The lowest BCUT2D eigenvalue weighted by Gasteiger charge is -2.05. The summed E-state index contributed by atoms with van der Waals surface area (Å²) in [5.74, 6) is -0.630. The molecule has 88 valence electrons. The van der Waals surface area contributed by atoms with E-state index in [0.29, 0.717) is 12.4 Å². The number of aromatic nitrogens is 1. The van der Waals surface area contributed by atoms with Gasteiger partial charge < -0.3 is 10.4 Å². The number of aromatic carboxylic acids is 1. The van der Waals surface area contributed by atoms with Crippen molar-refractivity contribution in [2.45, 2.75) is 6.54 Å². The number of anilines is 1. The molecule has 0 fully saturated rings. The summed E-state index contributed by atoms with van der Waals surface area (Å²) in [5.41, 5.74) is -0.136. The van der Waals surface area contributed by atoms with Gasteiger partial charge in [0.15, 0.2) is 5.69 Å². The fourth-order valence-corrected chi connectivity index (χ4v) is 2.11. The van der Waals surface area contributed by atoms with E-state index in [1.807, 2.05) is 17.5 Å². The monoisotopic (exact) mass is 268 g/mol. The maximum absolute atomic E-state index is 10.8. The lowest BCUT2D eigenvalue weighted by molar-refractivity contribution is 0.0691. The van der Waals surface area contributed by atoms with Crippen molar-refractivity contribution in [3.63, 3.8) is 0 Å². The number of pyridine rings is 1. The molecule has 0 aliphatic carbocycles. The van der Waals surface area contributed by atoms with Crippen LogP contribution in [-0.4, -0.2) is 16.1 Å². The maximum Gasteiger partial charge on any atom is 0.356 e. The standard InChI is InChI=1S/C11H9ClN2O2S/c12-8-3-4-9(14-10(8)11(15)16)13-6-7-2-1-5-17-7/h1-5H,6H2,(H,13,14)(H,15,16). The summed E-state index contributed by atoms with van der Waals surface area (Å²) in [4.78, 5) is 15.9. The molecule has 0 aliphatic rings. The fourth-order valence-electron chi connectivity index (χ4n) is 1.28. The number of hydrogen-bond acceptors (Lipinski definition) is 4. The Morgan fingerprint density at radius 2 is 2.29 bits per heavy atom. The van der Waals surface area contributed by atoms with Crippen LogP contribution < -0.4 is 5.32 Å². The normalized spacial score (nSPS) is 10.2. The Bertz CT molecular complexity index is 528. The zero-order valence-corrected chi connectivity index (χ0v) is 10.3. The van der Waals surface area contributed by atoms with E-state index in [9.17, 15) is 4.79 Å². The molecule has 0 bridgehead atoms. The highest BCUT2D eigenvalue weighted by Gasteiger charge is 2.11. The summed E-state index contributed by atoms with van der Waals surface area (Å²) in [7, 11) is 0. The molecule has 2 aromatic rings. The van der Waals surface area contributed by atoms with Crippen LogP contribution >= 0.6 is 22.9 Å². The maximum atomic E-state index is 10.8. The first-order valence-electron chi connectivity index (χ1n) is 4.83. The first-order valence-corrected chi connectivity index (χ1v) is 6.08. The van der Waals surface area contributed by atoms with Crippen LogP contribution in [0.15, 0.2) is 29.6 Å². The first-order chi connectivity index (χ1) is 8.16. The van der Waals surface area contributed by atoms with E-state index < -0.39 is 5.97 Å². The van der Waals surface area contributed by atoms with Crippen molar-refractivity contribution in [1.29, 1.82) is 0 Å². The molecule has 0 spiro atoms. The SMILES string of the molecule is O=C(O)c1nc(NCc2cccs2)ccc1Cl. The Morgan fingerprint density at radius 3 is 2.94 bits per heavy atom. The van der Waals surface area contributed by atoms with Crippen LogP contribution in [0.3, 0.4) is 0 Å². The van der Waals surface area contributed by atoms with Gasteiger partial charge in [0.2, 0.25) is 0 Å². The second-order valence-electron chi connectivity index (χ2n) is 3.26. The predicted octanol–water partition coefficient (Wildman–Crippen LogP) is 3.11. The van der Waals surface area contributed by atoms with Gasteiger partial charge in [0, 0.05) is 4.88 Å². The van der Waals surface area contributed by atoms with Crippen LogP contribution in [0.1, 0.15) is 15.4 Å². The number of carbonyl (C=O) groups is 1. The molecule has 4 nitrogen and oxygen atoms in total. The second kappa shape index (κ2) is 5.16. The molecule has 2 N–H and O–H groups in total. The number of carboxylic acids is 1. The summed E-state index contributed by atoms with van der Waals surface area (Å²) in [5, 5.41) is 14.0. The van der Waals surface area contributed by atoms with Gasteiger partial charge in [-0.25, -0.2) is 9.78 Å². The third kappa shape index (κ3) is 2.95. The smallest absolute Gasteiger partial charge is 0.356 e. The quantitative estimate of drug-likeness (QED) is 0.894. The minimum Gasteiger partial charge on any atom is -0.476 e. The predicted molar refractivity (Wildman–Crippen MR) is 67.9 cm³/mol. The molecule has 0 aliphatic heterocycles. The van der Waals surface area contributed by atoms with Crippen LogP contribution in [0.4, 0.5) is 5.82 Å². The Balaban J connectivity index is 2.11. The fraction of sp³-hybridized carbons (Fsp3) is 0.0909. The van der Waals surface area contributed by atoms with Crippen LogP contribution in [0.5, 0.6) is 0 Å². The number of nitrogens with zero attached hydrogens (tertiary/aromatic N) is 1. The number of nitrogens with one attached hydrogen (secondary N) is 1. The van der Waals surface area contributed by atoms with Gasteiger partial charge >= 0.3 is 5.97 Å². The molecule has 0 unspecified atom stereocenters. The van der Waals surface area contributed by atoms with E-state index in [0.717, 1.165) is 4.88 Å². The number of thiophene rings is 1. The topological polar surface area (TPSA) is 62.2 Å². The highest BCUT2D eigenvalue weighted by Crippen LogP contribution is 2.17. The highest BCUT2D eigenvalue weighted by atomic mass is 35.5. The van der Waals surface area contributed by atoms with Gasteiger partial charge in [-0.15, -0.1) is 11.3 Å². The molecule has 0 radical (unpaired) electrons. The third-order valence-electron chi connectivity index (χ3n) is 2.07. The highest BCUT2D eigenvalue weighted by molar-refractivity contribution is 7.09. The van der Waals surface area contributed by atoms with E-state index in [-0.39, 0.29) is 10.7 Å². The molecular formula is C11H9ClN2O2S. The van der Waals surface area contributed by atoms with Crippen LogP contribution in [0.2, 0.25) is 5.02 Å². The second-order valence-corrected chi connectivity index (χ2v) is 4.70. The Hall–Kier alpha value is -1.59. The molecule has 17 heavy (non-hydrogen) atoms. The minimum absolute atomic E-state index is 0.136. The van der Waals surface area contributed by atoms with Crippen molar-refractivity contribution >= 4 is 34.7 Å². The number of halogens is 1. The molecule has 2 heterocycles. The molecule has 6 heteroatoms. The van der Waals surface area contributed by atoms with Crippen molar-refractivity contribution in [2.24, 2.45) is 0 Å². The van der Waals surface area contributed by atoms with Gasteiger partial charge in [-0.1, -0.05) is 17.7 Å². The van der Waals surface area contributed by atoms with Crippen LogP contribution in [0.25, 0.3) is 0 Å². The largest absolute Gasteiger partial charge is 0.476 e. The Labute approximate surface area is 107 Å². The lowest BCUT2D eigenvalue weighted by Crippen LogP contribution is -2.06. The van der Waals surface area contributed by atoms with E-state index in [1.165, 1.54) is 6.07 Å². The number of carboxylic acid groups (broad SMARTS) is 1. The summed E-state index contributed by atoms with van der Waals surface area (Å²) in [6.45, 7) is 0.616. The van der Waals surface area contributed by atoms with E-state index >= 15 is 0 Å². The van der Waals surface area contributed by atoms with Crippen molar-refractivity contribution in [2.75, 3.05) is 5.32 Å². The average molecular weight is 269 g/mol. The molecule has 2 rings (SSSR count). The molecular weight excluding hydrogens is 260 g/mol. The number of rotatable bonds is 4. The van der Waals surface area contributed by atoms with Crippen molar-refractivity contribution < 1.29 is 9.90 Å². The summed E-state index contributed by atoms with van der Waals surface area (Å²) >= 11 is 7.35. The minimum atomic E-state index is -1.13. The number of hydrogen-bond donors (Lipinski definition) is 2. The van der Waals surface area contributed by atoms with Crippen LogP contribution in [-0.2, 0) is 6.54 Å². The summed E-state index contributed by atoms with van der Waals surface area (Å²) in [6, 6.07) is 7.13. The Morgan fingerprint density at radius 1 is 1.47 bits per heavy atom. The van der Waals surface area contributed by atoms with E-state index in [4.69, 9.17) is 16.7 Å². The molecule has 0 amide bonds. The van der Waals surface area contributed by atoms with E-state index in [2.05, 4.69) is 10.3 Å². The van der Waals surface area contributed by atoms with Gasteiger partial charge in [-0.05, 0) is 23.6 Å². The van der Waals surface area contributed by atoms with Gasteiger partial charge in [-0.3, -0.25) is 0 Å². The summed E-state index contributed by atoms with van der Waals surface area (Å²) < 4.78 is 0. The third-order valence-corrected chi connectivity index (χ3v) is 3.25. The van der Waals surface area contributed by atoms with Gasteiger partial charge in [-0.2, -0.15) is 0 Å². The van der Waals surface area contributed by atoms with Crippen LogP contribution in [0, 0.1) is 0 Å². The van der Waals surface area contributed by atoms with E-state index in [1.54, 1.807) is 17.4 Å². The first kappa shape index (κ1) is 11.9. The molecule has 0 aromatic carbocycles.